The van der Waals surface area contributed by atoms with Gasteiger partial charge in [-0.05, 0) is 30.3 Å². The SMILES string of the molecule is CN(C)c1cccc(Nc2ccccc2C#N)c1. The van der Waals surface area contributed by atoms with Crippen molar-refractivity contribution in [3.8, 4) is 6.07 Å². The van der Waals surface area contributed by atoms with Crippen molar-refractivity contribution in [2.24, 2.45) is 0 Å². The molecule has 0 bridgehead atoms. The van der Waals surface area contributed by atoms with Gasteiger partial charge in [0.25, 0.3) is 0 Å². The predicted molar refractivity (Wildman–Crippen MR) is 75.2 cm³/mol. The Morgan fingerprint density at radius 3 is 2.56 bits per heavy atom. The molecule has 0 saturated carbocycles. The van der Waals surface area contributed by atoms with E-state index in [9.17, 15) is 0 Å². The minimum Gasteiger partial charge on any atom is -0.378 e. The van der Waals surface area contributed by atoms with Crippen molar-refractivity contribution in [3.05, 3.63) is 54.1 Å². The van der Waals surface area contributed by atoms with Gasteiger partial charge < -0.3 is 10.2 Å². The van der Waals surface area contributed by atoms with E-state index in [4.69, 9.17) is 5.26 Å². The molecule has 0 heterocycles. The van der Waals surface area contributed by atoms with Gasteiger partial charge in [-0.15, -0.1) is 0 Å². The molecule has 0 unspecified atom stereocenters. The van der Waals surface area contributed by atoms with Crippen LogP contribution in [0.3, 0.4) is 0 Å². The third-order valence-corrected chi connectivity index (χ3v) is 2.69. The van der Waals surface area contributed by atoms with Crippen LogP contribution in [-0.2, 0) is 0 Å². The molecule has 2 aromatic rings. The lowest BCUT2D eigenvalue weighted by Crippen LogP contribution is -2.08. The predicted octanol–water partition coefficient (Wildman–Crippen LogP) is 3.37. The lowest BCUT2D eigenvalue weighted by atomic mass is 10.2. The van der Waals surface area contributed by atoms with Crippen molar-refractivity contribution in [2.75, 3.05) is 24.3 Å². The first-order valence-corrected chi connectivity index (χ1v) is 5.74. The molecular formula is C15H15N3. The number of nitrogens with one attached hydrogen (secondary N) is 1. The van der Waals surface area contributed by atoms with E-state index in [-0.39, 0.29) is 0 Å². The van der Waals surface area contributed by atoms with Gasteiger partial charge in [0.1, 0.15) is 6.07 Å². The zero-order valence-electron chi connectivity index (χ0n) is 10.5. The Bertz CT molecular complexity index is 582. The Kier molecular flexibility index (Phi) is 3.49. The van der Waals surface area contributed by atoms with Gasteiger partial charge in [-0.25, -0.2) is 0 Å². The van der Waals surface area contributed by atoms with Crippen LogP contribution in [0.4, 0.5) is 17.1 Å². The maximum atomic E-state index is 9.04. The first-order valence-electron chi connectivity index (χ1n) is 5.74. The van der Waals surface area contributed by atoms with Gasteiger partial charge in [0, 0.05) is 25.5 Å². The van der Waals surface area contributed by atoms with Gasteiger partial charge >= 0.3 is 0 Å². The number of nitriles is 1. The molecule has 3 nitrogen and oxygen atoms in total. The van der Waals surface area contributed by atoms with E-state index in [2.05, 4.69) is 11.4 Å². The quantitative estimate of drug-likeness (QED) is 0.889. The molecule has 18 heavy (non-hydrogen) atoms. The molecule has 0 saturated heterocycles. The molecule has 2 rings (SSSR count). The van der Waals surface area contributed by atoms with Gasteiger partial charge in [-0.3, -0.25) is 0 Å². The molecule has 1 N–H and O–H groups in total. The Balaban J connectivity index is 2.29. The molecule has 0 fully saturated rings. The summed E-state index contributed by atoms with van der Waals surface area (Å²) in [6, 6.07) is 17.7. The summed E-state index contributed by atoms with van der Waals surface area (Å²) in [5.41, 5.74) is 3.57. The standard InChI is InChI=1S/C15H15N3/c1-18(2)14-8-5-7-13(10-14)17-15-9-4-3-6-12(15)11-16/h3-10,17H,1-2H3. The molecule has 0 amide bonds. The van der Waals surface area contributed by atoms with E-state index in [1.54, 1.807) is 6.07 Å². The number of hydrogen-bond donors (Lipinski definition) is 1. The van der Waals surface area contributed by atoms with Crippen molar-refractivity contribution in [2.45, 2.75) is 0 Å². The molecule has 90 valence electrons. The summed E-state index contributed by atoms with van der Waals surface area (Å²) in [5.74, 6) is 0. The first-order chi connectivity index (χ1) is 8.70. The van der Waals surface area contributed by atoms with Gasteiger partial charge in [-0.1, -0.05) is 18.2 Å². The van der Waals surface area contributed by atoms with Gasteiger partial charge in [0.05, 0.1) is 11.3 Å². The second-order valence-electron chi connectivity index (χ2n) is 4.23. The molecular weight excluding hydrogens is 222 g/mol. The summed E-state index contributed by atoms with van der Waals surface area (Å²) in [4.78, 5) is 2.04. The summed E-state index contributed by atoms with van der Waals surface area (Å²) in [6.45, 7) is 0. The minimum absolute atomic E-state index is 0.646. The third kappa shape index (κ3) is 2.61. The van der Waals surface area contributed by atoms with Gasteiger partial charge in [0.2, 0.25) is 0 Å². The van der Waals surface area contributed by atoms with E-state index < -0.39 is 0 Å². The molecule has 0 radical (unpaired) electrons. The van der Waals surface area contributed by atoms with Crippen LogP contribution >= 0.6 is 0 Å². The zero-order chi connectivity index (χ0) is 13.0. The van der Waals surface area contributed by atoms with Crippen molar-refractivity contribution >= 4 is 17.1 Å². The van der Waals surface area contributed by atoms with Crippen LogP contribution in [0.25, 0.3) is 0 Å². The molecule has 0 aliphatic rings. The third-order valence-electron chi connectivity index (χ3n) is 2.69. The number of hydrogen-bond acceptors (Lipinski definition) is 3. The first kappa shape index (κ1) is 12.0. The molecule has 2 aromatic carbocycles. The number of anilines is 3. The highest BCUT2D eigenvalue weighted by Gasteiger charge is 2.02. The van der Waals surface area contributed by atoms with Crippen molar-refractivity contribution in [3.63, 3.8) is 0 Å². The largest absolute Gasteiger partial charge is 0.378 e. The number of nitrogens with zero attached hydrogens (tertiary/aromatic N) is 2. The van der Waals surface area contributed by atoms with Crippen LogP contribution in [0.5, 0.6) is 0 Å². The lowest BCUT2D eigenvalue weighted by molar-refractivity contribution is 1.13. The van der Waals surface area contributed by atoms with Crippen LogP contribution in [0.1, 0.15) is 5.56 Å². The molecule has 0 aliphatic heterocycles. The fourth-order valence-corrected chi connectivity index (χ4v) is 1.71. The van der Waals surface area contributed by atoms with Crippen molar-refractivity contribution < 1.29 is 0 Å². The minimum atomic E-state index is 0.646. The topological polar surface area (TPSA) is 39.1 Å². The fourth-order valence-electron chi connectivity index (χ4n) is 1.71. The second kappa shape index (κ2) is 5.24. The fraction of sp³-hybridized carbons (Fsp3) is 0.133. The Morgan fingerprint density at radius 1 is 1.06 bits per heavy atom. The Hall–Kier alpha value is -2.47. The van der Waals surface area contributed by atoms with Crippen molar-refractivity contribution in [1.29, 1.82) is 5.26 Å². The summed E-state index contributed by atoms with van der Waals surface area (Å²) >= 11 is 0. The lowest BCUT2D eigenvalue weighted by Gasteiger charge is -2.14. The summed E-state index contributed by atoms with van der Waals surface area (Å²) in [7, 11) is 4.00. The van der Waals surface area contributed by atoms with Crippen LogP contribution < -0.4 is 10.2 Å². The van der Waals surface area contributed by atoms with E-state index >= 15 is 0 Å². The van der Waals surface area contributed by atoms with Crippen LogP contribution in [0.15, 0.2) is 48.5 Å². The maximum absolute atomic E-state index is 9.04. The summed E-state index contributed by atoms with van der Waals surface area (Å²) in [6.07, 6.45) is 0. The molecule has 0 aliphatic carbocycles. The average Bonchev–Trinajstić information content (AvgIpc) is 2.39. The van der Waals surface area contributed by atoms with E-state index in [0.717, 1.165) is 17.1 Å². The highest BCUT2D eigenvalue weighted by molar-refractivity contribution is 5.69. The number of benzene rings is 2. The molecule has 0 spiro atoms. The van der Waals surface area contributed by atoms with Crippen LogP contribution in [0, 0.1) is 11.3 Å². The van der Waals surface area contributed by atoms with E-state index in [1.807, 2.05) is 61.5 Å². The van der Waals surface area contributed by atoms with Gasteiger partial charge in [0.15, 0.2) is 0 Å². The molecule has 3 heteroatoms. The zero-order valence-corrected chi connectivity index (χ0v) is 10.5. The molecule has 0 aromatic heterocycles. The smallest absolute Gasteiger partial charge is 0.101 e. The highest BCUT2D eigenvalue weighted by atomic mass is 15.1. The normalized spacial score (nSPS) is 9.61. The second-order valence-corrected chi connectivity index (χ2v) is 4.23. The number of rotatable bonds is 3. The van der Waals surface area contributed by atoms with E-state index in [1.165, 1.54) is 0 Å². The monoisotopic (exact) mass is 237 g/mol. The van der Waals surface area contributed by atoms with E-state index in [0.29, 0.717) is 5.56 Å². The Morgan fingerprint density at radius 2 is 1.83 bits per heavy atom. The van der Waals surface area contributed by atoms with Gasteiger partial charge in [-0.2, -0.15) is 5.26 Å². The maximum Gasteiger partial charge on any atom is 0.101 e. The Labute approximate surface area is 107 Å². The van der Waals surface area contributed by atoms with Crippen LogP contribution in [-0.4, -0.2) is 14.1 Å². The summed E-state index contributed by atoms with van der Waals surface area (Å²) < 4.78 is 0. The highest BCUT2D eigenvalue weighted by Crippen LogP contribution is 2.23. The van der Waals surface area contributed by atoms with Crippen molar-refractivity contribution in [1.82, 2.24) is 0 Å². The van der Waals surface area contributed by atoms with Crippen LogP contribution in [0.2, 0.25) is 0 Å². The summed E-state index contributed by atoms with van der Waals surface area (Å²) in [5, 5.41) is 12.3. The number of para-hydroxylation sites is 1. The molecule has 0 atom stereocenters. The average molecular weight is 237 g/mol.